The summed E-state index contributed by atoms with van der Waals surface area (Å²) in [6.07, 6.45) is 2.51. The lowest BCUT2D eigenvalue weighted by Gasteiger charge is -2.50. The van der Waals surface area contributed by atoms with E-state index in [2.05, 4.69) is 47.2 Å². The molecule has 0 radical (unpaired) electrons. The normalized spacial score (nSPS) is 20.2. The van der Waals surface area contributed by atoms with E-state index in [1.165, 1.54) is 26.2 Å². The van der Waals surface area contributed by atoms with Crippen LogP contribution in [0.2, 0.25) is 0 Å². The number of nitrogens with two attached hydrogens (primary N) is 2. The molecule has 3 aromatic rings. The lowest BCUT2D eigenvalue weighted by Crippen LogP contribution is -2.76. The van der Waals surface area contributed by atoms with Gasteiger partial charge in [0.15, 0.2) is 16.9 Å². The van der Waals surface area contributed by atoms with Crippen molar-refractivity contribution in [3.8, 4) is 16.9 Å². The van der Waals surface area contributed by atoms with Crippen molar-refractivity contribution >= 4 is 62.7 Å². The molecule has 0 spiro atoms. The van der Waals surface area contributed by atoms with Crippen molar-refractivity contribution in [3.05, 3.63) is 53.2 Å². The number of nitrogen functional groups attached to an aromatic ring is 1. The number of hydroxylamine groups is 2. The number of nitrogens with zero attached hydrogens (tertiary/aromatic N) is 4. The Kier molecular flexibility index (Phi) is 12.1. The molecule has 57 heavy (non-hydrogen) atoms. The molecule has 3 aliphatic rings. The van der Waals surface area contributed by atoms with Crippen LogP contribution in [0.25, 0.3) is 11.1 Å². The van der Waals surface area contributed by atoms with Crippen molar-refractivity contribution in [1.29, 1.82) is 0 Å². The molecule has 3 atom stereocenters. The Morgan fingerprint density at radius 1 is 1.26 bits per heavy atom. The van der Waals surface area contributed by atoms with Crippen LogP contribution < -0.4 is 36.7 Å². The fraction of sp³-hybridized carbons (Fsp3) is 0.457. The van der Waals surface area contributed by atoms with Gasteiger partial charge in [0, 0.05) is 36.0 Å². The van der Waals surface area contributed by atoms with Crippen molar-refractivity contribution in [2.45, 2.75) is 69.9 Å². The maximum atomic E-state index is 13.7. The molecule has 2 aromatic heterocycles. The molecule has 6 rings (SSSR count). The number of amides is 2. The van der Waals surface area contributed by atoms with Crippen molar-refractivity contribution < 1.29 is 55.3 Å². The number of oxime groups is 1. The predicted molar refractivity (Wildman–Crippen MR) is 204 cm³/mol. The van der Waals surface area contributed by atoms with Gasteiger partial charge in [-0.3, -0.25) is 24.3 Å². The first-order valence-electron chi connectivity index (χ1n) is 18.0. The summed E-state index contributed by atoms with van der Waals surface area (Å²) in [7, 11) is -5.05. The van der Waals surface area contributed by atoms with Crippen LogP contribution in [0.5, 0.6) is 5.75 Å². The van der Waals surface area contributed by atoms with Crippen LogP contribution in [0.15, 0.2) is 47.1 Å². The summed E-state index contributed by atoms with van der Waals surface area (Å²) in [4.78, 5) is 61.0. The zero-order valence-corrected chi connectivity index (χ0v) is 32.9. The SMILES string of the molecule is CC1(C)[C@H](NC(=O)/C(=N\O[C@](C)(C(=O)OC=O)[C@H]2CCc3cc(-c4ccc(NCCCN)[n+](CC5CNC5)c4)ccc3O2)c2csc(N)n2)C(=O)N1OS(=O)(=O)O. The van der Waals surface area contributed by atoms with Gasteiger partial charge < -0.3 is 36.4 Å². The van der Waals surface area contributed by atoms with Crippen LogP contribution in [0.4, 0.5) is 10.9 Å². The van der Waals surface area contributed by atoms with Gasteiger partial charge in [-0.05, 0) is 75.9 Å². The molecule has 0 bridgehead atoms. The fourth-order valence-corrected chi connectivity index (χ4v) is 7.61. The number of β-lactam (4-membered cyclic amide) rings is 1. The number of anilines is 2. The van der Waals surface area contributed by atoms with Crippen molar-refractivity contribution in [2.75, 3.05) is 37.2 Å². The number of nitrogens with one attached hydrogen (secondary N) is 3. The van der Waals surface area contributed by atoms with Gasteiger partial charge in [0.05, 0.1) is 24.8 Å². The average Bonchev–Trinajstić information content (AvgIpc) is 3.59. The zero-order chi connectivity index (χ0) is 41.1. The third kappa shape index (κ3) is 9.00. The Hall–Kier alpha value is -5.26. The van der Waals surface area contributed by atoms with E-state index >= 15 is 0 Å². The Labute approximate surface area is 331 Å². The lowest BCUT2D eigenvalue weighted by molar-refractivity contribution is -0.690. The lowest BCUT2D eigenvalue weighted by atomic mass is 9.84. The molecule has 306 valence electrons. The first kappa shape index (κ1) is 41.4. The fourth-order valence-electron chi connectivity index (χ4n) is 6.61. The summed E-state index contributed by atoms with van der Waals surface area (Å²) in [5.74, 6) is -1.22. The molecule has 2 fully saturated rings. The smallest absolute Gasteiger partial charge is 0.418 e. The first-order chi connectivity index (χ1) is 27.0. The van der Waals surface area contributed by atoms with Gasteiger partial charge in [-0.25, -0.2) is 14.3 Å². The third-order valence-electron chi connectivity index (χ3n) is 9.97. The van der Waals surface area contributed by atoms with Crippen molar-refractivity contribution in [2.24, 2.45) is 16.8 Å². The quantitative estimate of drug-likeness (QED) is 0.0121. The van der Waals surface area contributed by atoms with E-state index in [1.54, 1.807) is 6.07 Å². The van der Waals surface area contributed by atoms with Crippen LogP contribution in [0.1, 0.15) is 44.9 Å². The second-order valence-electron chi connectivity index (χ2n) is 14.4. The van der Waals surface area contributed by atoms with Crippen LogP contribution >= 0.6 is 11.3 Å². The second-order valence-corrected chi connectivity index (χ2v) is 16.3. The summed E-state index contributed by atoms with van der Waals surface area (Å²) in [5.41, 5.74) is 10.1. The number of fused-ring (bicyclic) bond motifs is 1. The van der Waals surface area contributed by atoms with Crippen LogP contribution in [-0.4, -0.2) is 102 Å². The van der Waals surface area contributed by atoms with Gasteiger partial charge in [-0.2, -0.15) is 13.5 Å². The number of carbonyl (C=O) groups is 4. The molecule has 5 heterocycles. The van der Waals surface area contributed by atoms with Gasteiger partial charge in [0.25, 0.3) is 23.2 Å². The van der Waals surface area contributed by atoms with E-state index in [9.17, 15) is 27.6 Å². The summed E-state index contributed by atoms with van der Waals surface area (Å²) in [6, 6.07) is 8.43. The molecule has 2 amide bonds. The molecule has 8 N–H and O–H groups in total. The number of hydrogen-bond donors (Lipinski definition) is 6. The molecule has 20 nitrogen and oxygen atoms in total. The van der Waals surface area contributed by atoms with E-state index < -0.39 is 57.2 Å². The Bertz CT molecular complexity index is 2180. The Balaban J connectivity index is 1.23. The third-order valence-corrected chi connectivity index (χ3v) is 11.0. The molecule has 2 saturated heterocycles. The van der Waals surface area contributed by atoms with Gasteiger partial charge >= 0.3 is 22.8 Å². The summed E-state index contributed by atoms with van der Waals surface area (Å²) in [5, 5.41) is 15.0. The monoisotopic (exact) mass is 830 g/mol. The van der Waals surface area contributed by atoms with Crippen LogP contribution in [0.3, 0.4) is 0 Å². The second kappa shape index (κ2) is 16.7. The highest BCUT2D eigenvalue weighted by atomic mass is 32.3. The first-order valence-corrected chi connectivity index (χ1v) is 20.2. The maximum absolute atomic E-state index is 13.7. The van der Waals surface area contributed by atoms with Gasteiger partial charge in [0.1, 0.15) is 17.5 Å². The van der Waals surface area contributed by atoms with E-state index in [-0.39, 0.29) is 23.7 Å². The van der Waals surface area contributed by atoms with Gasteiger partial charge in [0.2, 0.25) is 0 Å². The minimum Gasteiger partial charge on any atom is -0.485 e. The number of benzene rings is 1. The molecule has 0 unspecified atom stereocenters. The zero-order valence-electron chi connectivity index (χ0n) is 31.3. The Morgan fingerprint density at radius 3 is 2.65 bits per heavy atom. The highest BCUT2D eigenvalue weighted by Gasteiger charge is 2.58. The number of esters is 1. The number of ether oxygens (including phenoxy) is 2. The minimum absolute atomic E-state index is 0.0496. The van der Waals surface area contributed by atoms with E-state index in [4.69, 9.17) is 30.3 Å². The maximum Gasteiger partial charge on any atom is 0.418 e. The number of hydrogen-bond acceptors (Lipinski definition) is 17. The highest BCUT2D eigenvalue weighted by Crippen LogP contribution is 2.37. The number of thiazole rings is 1. The molecular formula is C35H44N9O11S2+. The van der Waals surface area contributed by atoms with Crippen molar-refractivity contribution in [1.82, 2.24) is 20.7 Å². The predicted octanol–water partition coefficient (Wildman–Crippen LogP) is 0.0727. The van der Waals surface area contributed by atoms with E-state index in [0.717, 1.165) is 66.4 Å². The molecule has 0 saturated carbocycles. The molecular weight excluding hydrogens is 787 g/mol. The number of pyridine rings is 1. The Morgan fingerprint density at radius 2 is 2.02 bits per heavy atom. The number of rotatable bonds is 17. The summed E-state index contributed by atoms with van der Waals surface area (Å²) >= 11 is 0.961. The minimum atomic E-state index is -5.05. The number of aromatic nitrogens is 2. The molecule has 3 aliphatic heterocycles. The average molecular weight is 831 g/mol. The molecule has 22 heteroatoms. The largest absolute Gasteiger partial charge is 0.485 e. The topological polar surface area (TPSA) is 280 Å². The van der Waals surface area contributed by atoms with Gasteiger partial charge in [-0.15, -0.1) is 15.6 Å². The number of aryl methyl sites for hydroxylation is 1. The van der Waals surface area contributed by atoms with Crippen molar-refractivity contribution in [3.63, 3.8) is 0 Å². The molecule has 0 aliphatic carbocycles. The standard InChI is InChI=1S/C35H43N9O11S2/c1-34(2)29(31(47)44(34)55-57(49,50)51)41-30(46)28(24-18-56-33(37)40-24)42-54-35(3,32(48)52-19-45)26-9-6-22-13-21(5-8-25(22)53-26)23-7-10-27(39-12-4-11-36)43(17-23)16-20-14-38-15-20/h5,7-8,10,13,17-20,26,29,38H,4,6,9,11-12,14-16,36H2,1-3H3,(H4,37,40,41,46,49,50,51)/p+1/b42-28-/t26-,29-,35+/m1/s1. The van der Waals surface area contributed by atoms with Crippen LogP contribution in [0, 0.1) is 5.92 Å². The van der Waals surface area contributed by atoms with E-state index in [0.29, 0.717) is 29.7 Å². The summed E-state index contributed by atoms with van der Waals surface area (Å²) in [6.45, 7) is 8.07. The molecule has 1 aromatic carbocycles. The number of carbonyl (C=O) groups excluding carboxylic acids is 4. The summed E-state index contributed by atoms with van der Waals surface area (Å²) < 4.78 is 49.2. The van der Waals surface area contributed by atoms with E-state index in [1.807, 2.05) is 18.2 Å². The van der Waals surface area contributed by atoms with Crippen LogP contribution in [-0.2, 0) is 56.4 Å². The highest BCUT2D eigenvalue weighted by molar-refractivity contribution is 7.80. The van der Waals surface area contributed by atoms with Gasteiger partial charge in [-0.1, -0.05) is 11.2 Å².